The molecule has 2 aromatic rings. The molecule has 1 fully saturated rings. The summed E-state index contributed by atoms with van der Waals surface area (Å²) in [6.45, 7) is 2.92. The molecule has 1 aliphatic rings. The summed E-state index contributed by atoms with van der Waals surface area (Å²) >= 11 is 0. The third-order valence-electron chi connectivity index (χ3n) is 4.73. The zero-order chi connectivity index (χ0) is 17.0. The van der Waals surface area contributed by atoms with Gasteiger partial charge < -0.3 is 10.1 Å². The van der Waals surface area contributed by atoms with E-state index in [1.165, 1.54) is 12.1 Å². The van der Waals surface area contributed by atoms with Crippen LogP contribution in [0.15, 0.2) is 48.5 Å². The van der Waals surface area contributed by atoms with E-state index in [0.717, 1.165) is 36.1 Å². The van der Waals surface area contributed by atoms with Crippen LogP contribution in [0.4, 0.5) is 4.39 Å². The fourth-order valence-corrected chi connectivity index (χ4v) is 3.25. The monoisotopic (exact) mass is 327 g/mol. The summed E-state index contributed by atoms with van der Waals surface area (Å²) in [5.74, 6) is 0.452. The first-order valence-corrected chi connectivity index (χ1v) is 8.41. The highest BCUT2D eigenvalue weighted by atomic mass is 19.1. The molecular formula is C20H22FNO2. The second-order valence-electron chi connectivity index (χ2n) is 6.17. The molecule has 1 saturated carbocycles. The topological polar surface area (TPSA) is 38.3 Å². The maximum Gasteiger partial charge on any atom is 0.230 e. The highest BCUT2D eigenvalue weighted by Gasteiger charge is 2.45. The van der Waals surface area contributed by atoms with Crippen LogP contribution in [0.25, 0.3) is 0 Å². The van der Waals surface area contributed by atoms with Crippen LogP contribution >= 0.6 is 0 Å². The predicted molar refractivity (Wildman–Crippen MR) is 91.4 cm³/mol. The number of nitrogens with one attached hydrogen (secondary N) is 1. The van der Waals surface area contributed by atoms with Crippen molar-refractivity contribution in [2.24, 2.45) is 0 Å². The van der Waals surface area contributed by atoms with Gasteiger partial charge in [0.15, 0.2) is 0 Å². The Bertz CT molecular complexity index is 725. The Hall–Kier alpha value is -2.36. The van der Waals surface area contributed by atoms with Crippen LogP contribution in [0.5, 0.6) is 5.75 Å². The molecule has 3 rings (SSSR count). The van der Waals surface area contributed by atoms with Gasteiger partial charge in [-0.15, -0.1) is 0 Å². The third-order valence-corrected chi connectivity index (χ3v) is 4.73. The number of carbonyl (C=O) groups is 1. The van der Waals surface area contributed by atoms with Gasteiger partial charge >= 0.3 is 0 Å². The van der Waals surface area contributed by atoms with Crippen molar-refractivity contribution in [3.63, 3.8) is 0 Å². The molecule has 24 heavy (non-hydrogen) atoms. The van der Waals surface area contributed by atoms with E-state index in [1.54, 1.807) is 6.07 Å². The molecule has 0 unspecified atom stereocenters. The second-order valence-corrected chi connectivity index (χ2v) is 6.17. The number of benzene rings is 2. The minimum absolute atomic E-state index is 0.0364. The summed E-state index contributed by atoms with van der Waals surface area (Å²) in [5, 5.41) is 3.02. The molecule has 0 aliphatic heterocycles. The molecule has 3 nitrogen and oxygen atoms in total. The van der Waals surface area contributed by atoms with Crippen LogP contribution in [0, 0.1) is 5.82 Å². The Morgan fingerprint density at radius 1 is 1.21 bits per heavy atom. The van der Waals surface area contributed by atoms with Crippen molar-refractivity contribution in [1.82, 2.24) is 5.32 Å². The summed E-state index contributed by atoms with van der Waals surface area (Å²) in [6, 6.07) is 14.1. The van der Waals surface area contributed by atoms with Crippen molar-refractivity contribution >= 4 is 5.91 Å². The Labute approximate surface area is 141 Å². The summed E-state index contributed by atoms with van der Waals surface area (Å²) in [6.07, 6.45) is 2.50. The highest BCUT2D eigenvalue weighted by molar-refractivity contribution is 5.89. The maximum absolute atomic E-state index is 13.6. The van der Waals surface area contributed by atoms with Gasteiger partial charge in [0.05, 0.1) is 12.0 Å². The quantitative estimate of drug-likeness (QED) is 0.872. The standard InChI is InChI=1S/C20H22FNO2/c1-2-24-18-10-4-3-7-15(18)14-22-19(23)20(11-6-12-20)16-8-5-9-17(21)13-16/h3-5,7-10,13H,2,6,11-12,14H2,1H3,(H,22,23). The summed E-state index contributed by atoms with van der Waals surface area (Å²) < 4.78 is 19.2. The van der Waals surface area contributed by atoms with Gasteiger partial charge in [0.1, 0.15) is 11.6 Å². The molecule has 1 N–H and O–H groups in total. The van der Waals surface area contributed by atoms with Crippen LogP contribution in [0.1, 0.15) is 37.3 Å². The van der Waals surface area contributed by atoms with Gasteiger partial charge in [-0.3, -0.25) is 4.79 Å². The lowest BCUT2D eigenvalue weighted by Gasteiger charge is -2.40. The van der Waals surface area contributed by atoms with E-state index in [-0.39, 0.29) is 11.7 Å². The van der Waals surface area contributed by atoms with Gasteiger partial charge in [0, 0.05) is 12.1 Å². The van der Waals surface area contributed by atoms with Crippen molar-refractivity contribution in [1.29, 1.82) is 0 Å². The first kappa shape index (κ1) is 16.5. The SMILES string of the molecule is CCOc1ccccc1CNC(=O)C1(c2cccc(F)c2)CCC1. The number of carbonyl (C=O) groups excluding carboxylic acids is 1. The van der Waals surface area contributed by atoms with Crippen LogP contribution in [0.3, 0.4) is 0 Å². The number of para-hydroxylation sites is 1. The summed E-state index contributed by atoms with van der Waals surface area (Å²) in [7, 11) is 0. The second kappa shape index (κ2) is 7.04. The predicted octanol–water partition coefficient (Wildman–Crippen LogP) is 3.96. The largest absolute Gasteiger partial charge is 0.494 e. The fraction of sp³-hybridized carbons (Fsp3) is 0.350. The molecule has 1 amide bonds. The molecule has 0 atom stereocenters. The first-order chi connectivity index (χ1) is 11.7. The highest BCUT2D eigenvalue weighted by Crippen LogP contribution is 2.44. The summed E-state index contributed by atoms with van der Waals surface area (Å²) in [5.41, 5.74) is 1.12. The minimum atomic E-state index is -0.595. The van der Waals surface area contributed by atoms with E-state index in [2.05, 4.69) is 5.32 Å². The van der Waals surface area contributed by atoms with Gasteiger partial charge in [0.2, 0.25) is 5.91 Å². The molecular weight excluding hydrogens is 305 g/mol. The van der Waals surface area contributed by atoms with Crippen LogP contribution < -0.4 is 10.1 Å². The van der Waals surface area contributed by atoms with Crippen LogP contribution in [-0.4, -0.2) is 12.5 Å². The number of hydrogen-bond acceptors (Lipinski definition) is 2. The Kier molecular flexibility index (Phi) is 4.84. The van der Waals surface area contributed by atoms with E-state index in [4.69, 9.17) is 4.74 Å². The molecule has 0 bridgehead atoms. The zero-order valence-corrected chi connectivity index (χ0v) is 13.8. The number of halogens is 1. The lowest BCUT2D eigenvalue weighted by atomic mass is 9.64. The smallest absolute Gasteiger partial charge is 0.230 e. The Balaban J connectivity index is 1.74. The number of rotatable bonds is 6. The number of amides is 1. The van der Waals surface area contributed by atoms with E-state index in [1.807, 2.05) is 37.3 Å². The maximum atomic E-state index is 13.6. The molecule has 4 heteroatoms. The first-order valence-electron chi connectivity index (χ1n) is 8.41. The van der Waals surface area contributed by atoms with E-state index >= 15 is 0 Å². The Morgan fingerprint density at radius 3 is 2.67 bits per heavy atom. The average Bonchev–Trinajstić information content (AvgIpc) is 2.53. The molecule has 0 radical (unpaired) electrons. The minimum Gasteiger partial charge on any atom is -0.494 e. The molecule has 2 aromatic carbocycles. The van der Waals surface area contributed by atoms with Crippen LogP contribution in [0.2, 0.25) is 0 Å². The van der Waals surface area contributed by atoms with Crippen molar-refractivity contribution in [3.8, 4) is 5.75 Å². The van der Waals surface area contributed by atoms with Crippen molar-refractivity contribution in [2.45, 2.75) is 38.1 Å². The van der Waals surface area contributed by atoms with Crippen molar-refractivity contribution in [2.75, 3.05) is 6.61 Å². The van der Waals surface area contributed by atoms with Crippen LogP contribution in [-0.2, 0) is 16.8 Å². The van der Waals surface area contributed by atoms with Gasteiger partial charge in [-0.25, -0.2) is 4.39 Å². The lowest BCUT2D eigenvalue weighted by molar-refractivity contribution is -0.130. The van der Waals surface area contributed by atoms with Crippen molar-refractivity contribution in [3.05, 3.63) is 65.5 Å². The molecule has 0 heterocycles. The van der Waals surface area contributed by atoms with Crippen molar-refractivity contribution < 1.29 is 13.9 Å². The lowest BCUT2D eigenvalue weighted by Crippen LogP contribution is -2.49. The zero-order valence-electron chi connectivity index (χ0n) is 13.8. The van der Waals surface area contributed by atoms with Gasteiger partial charge in [-0.05, 0) is 43.5 Å². The third kappa shape index (κ3) is 3.14. The summed E-state index contributed by atoms with van der Waals surface area (Å²) in [4.78, 5) is 12.8. The normalized spacial score (nSPS) is 15.4. The molecule has 0 saturated heterocycles. The average molecular weight is 327 g/mol. The van der Waals surface area contributed by atoms with Gasteiger partial charge in [-0.2, -0.15) is 0 Å². The number of ether oxygens (including phenoxy) is 1. The molecule has 126 valence electrons. The van der Waals surface area contributed by atoms with E-state index in [9.17, 15) is 9.18 Å². The van der Waals surface area contributed by atoms with Gasteiger partial charge in [-0.1, -0.05) is 36.8 Å². The molecule has 1 aliphatic carbocycles. The molecule has 0 aromatic heterocycles. The molecule has 0 spiro atoms. The Morgan fingerprint density at radius 2 is 2.00 bits per heavy atom. The fourth-order valence-electron chi connectivity index (χ4n) is 3.25. The van der Waals surface area contributed by atoms with E-state index < -0.39 is 5.41 Å². The number of hydrogen-bond donors (Lipinski definition) is 1. The van der Waals surface area contributed by atoms with Gasteiger partial charge in [0.25, 0.3) is 0 Å². The van der Waals surface area contributed by atoms with E-state index in [0.29, 0.717) is 13.2 Å².